The van der Waals surface area contributed by atoms with Gasteiger partial charge in [0.25, 0.3) is 5.91 Å². The van der Waals surface area contributed by atoms with E-state index in [2.05, 4.69) is 16.0 Å². The molecule has 4 rings (SSSR count). The second-order valence-electron chi connectivity index (χ2n) is 9.36. The third kappa shape index (κ3) is 6.09. The first-order chi connectivity index (χ1) is 17.2. The SMILES string of the molecule is CC(C)NC(=O)Nc1ccc2c(c1)C(=O)N(C)[C@H]1CC[C@H](CC(=O)Nc3ccccc3Cl)O[C@@H]1CO2. The molecule has 2 aliphatic heterocycles. The van der Waals surface area contributed by atoms with Crippen molar-refractivity contribution in [2.45, 2.75) is 57.4 Å². The van der Waals surface area contributed by atoms with E-state index in [1.807, 2.05) is 13.8 Å². The zero-order valence-electron chi connectivity index (χ0n) is 20.5. The molecule has 0 aromatic heterocycles. The molecule has 0 aliphatic carbocycles. The van der Waals surface area contributed by atoms with Crippen LogP contribution in [0.2, 0.25) is 5.02 Å². The van der Waals surface area contributed by atoms with Gasteiger partial charge in [-0.3, -0.25) is 9.59 Å². The van der Waals surface area contributed by atoms with Crippen LogP contribution in [0.1, 0.15) is 43.5 Å². The van der Waals surface area contributed by atoms with Crippen LogP contribution >= 0.6 is 11.6 Å². The summed E-state index contributed by atoms with van der Waals surface area (Å²) in [5.74, 6) is 0.0167. The third-order valence-corrected chi connectivity index (χ3v) is 6.58. The Morgan fingerprint density at radius 2 is 1.92 bits per heavy atom. The van der Waals surface area contributed by atoms with E-state index < -0.39 is 0 Å². The Morgan fingerprint density at radius 1 is 1.14 bits per heavy atom. The van der Waals surface area contributed by atoms with Gasteiger partial charge in [0, 0.05) is 18.8 Å². The Hall–Kier alpha value is -3.30. The second kappa shape index (κ2) is 11.2. The van der Waals surface area contributed by atoms with Crippen molar-refractivity contribution in [3.63, 3.8) is 0 Å². The van der Waals surface area contributed by atoms with Crippen molar-refractivity contribution in [1.82, 2.24) is 10.2 Å². The van der Waals surface area contributed by atoms with Gasteiger partial charge in [-0.25, -0.2) is 4.79 Å². The molecule has 4 amide bonds. The van der Waals surface area contributed by atoms with E-state index in [0.29, 0.717) is 40.6 Å². The molecule has 36 heavy (non-hydrogen) atoms. The van der Waals surface area contributed by atoms with E-state index in [1.165, 1.54) is 0 Å². The predicted molar refractivity (Wildman–Crippen MR) is 138 cm³/mol. The minimum absolute atomic E-state index is 0.0142. The van der Waals surface area contributed by atoms with Gasteiger partial charge < -0.3 is 30.3 Å². The number of ether oxygens (including phenoxy) is 2. The highest BCUT2D eigenvalue weighted by Crippen LogP contribution is 2.33. The van der Waals surface area contributed by atoms with Crippen molar-refractivity contribution in [2.24, 2.45) is 0 Å². The van der Waals surface area contributed by atoms with Gasteiger partial charge in [0.1, 0.15) is 18.5 Å². The van der Waals surface area contributed by atoms with Crippen LogP contribution in [0.4, 0.5) is 16.2 Å². The third-order valence-electron chi connectivity index (χ3n) is 6.25. The molecule has 10 heteroatoms. The lowest BCUT2D eigenvalue weighted by molar-refractivity contribution is -0.130. The Balaban J connectivity index is 1.42. The number of fused-ring (bicyclic) bond motifs is 2. The number of carbonyl (C=O) groups excluding carboxylic acids is 3. The predicted octanol–water partition coefficient (Wildman–Crippen LogP) is 4.28. The number of nitrogens with one attached hydrogen (secondary N) is 3. The lowest BCUT2D eigenvalue weighted by Crippen LogP contribution is -2.53. The zero-order valence-corrected chi connectivity index (χ0v) is 21.3. The number of hydrogen-bond acceptors (Lipinski definition) is 5. The van der Waals surface area contributed by atoms with Crippen molar-refractivity contribution in [2.75, 3.05) is 24.3 Å². The fourth-order valence-corrected chi connectivity index (χ4v) is 4.69. The quantitative estimate of drug-likeness (QED) is 0.552. The van der Waals surface area contributed by atoms with Gasteiger partial charge in [0.05, 0.1) is 34.8 Å². The lowest BCUT2D eigenvalue weighted by atomic mass is 9.94. The number of benzene rings is 2. The zero-order chi connectivity index (χ0) is 25.8. The summed E-state index contributed by atoms with van der Waals surface area (Å²) >= 11 is 6.14. The molecule has 0 unspecified atom stereocenters. The van der Waals surface area contributed by atoms with Gasteiger partial charge in [-0.15, -0.1) is 0 Å². The van der Waals surface area contributed by atoms with Gasteiger partial charge >= 0.3 is 6.03 Å². The number of carbonyl (C=O) groups is 3. The average molecular weight is 515 g/mol. The molecule has 192 valence electrons. The fraction of sp³-hybridized carbons (Fsp3) is 0.423. The number of urea groups is 1. The number of likely N-dealkylation sites (N-methyl/N-ethyl adjacent to an activating group) is 1. The molecule has 2 aliphatic rings. The van der Waals surface area contributed by atoms with Crippen molar-refractivity contribution >= 4 is 40.8 Å². The van der Waals surface area contributed by atoms with E-state index in [4.69, 9.17) is 21.1 Å². The molecule has 1 fully saturated rings. The lowest BCUT2D eigenvalue weighted by Gasteiger charge is -2.42. The van der Waals surface area contributed by atoms with E-state index >= 15 is 0 Å². The second-order valence-corrected chi connectivity index (χ2v) is 9.77. The summed E-state index contributed by atoms with van der Waals surface area (Å²) in [6, 6.07) is 11.5. The molecule has 1 saturated heterocycles. The molecule has 0 saturated carbocycles. The van der Waals surface area contributed by atoms with E-state index in [1.54, 1.807) is 54.4 Å². The molecule has 2 aromatic carbocycles. The van der Waals surface area contributed by atoms with E-state index in [-0.39, 0.29) is 55.2 Å². The van der Waals surface area contributed by atoms with Crippen molar-refractivity contribution in [3.05, 3.63) is 53.1 Å². The summed E-state index contributed by atoms with van der Waals surface area (Å²) in [7, 11) is 1.74. The normalized spacial score (nSPS) is 21.4. The van der Waals surface area contributed by atoms with E-state index in [9.17, 15) is 14.4 Å². The molecule has 0 bridgehead atoms. The standard InChI is InChI=1S/C26H31ClN4O5/c1-15(2)28-26(34)29-16-8-11-22-18(12-16)25(33)31(3)21-10-9-17(36-23(21)14-35-22)13-24(32)30-20-7-5-4-6-19(20)27/h4-8,11-12,15,17,21,23H,9-10,13-14H2,1-3H3,(H,30,32)(H2,28,29,34)/t17-,21+,23-/m1/s1. The molecular weight excluding hydrogens is 484 g/mol. The largest absolute Gasteiger partial charge is 0.490 e. The monoisotopic (exact) mass is 514 g/mol. The first-order valence-electron chi connectivity index (χ1n) is 12.0. The highest BCUT2D eigenvalue weighted by Gasteiger charge is 2.39. The number of rotatable bonds is 5. The summed E-state index contributed by atoms with van der Waals surface area (Å²) in [4.78, 5) is 39.7. The van der Waals surface area contributed by atoms with E-state index in [0.717, 1.165) is 0 Å². The minimum atomic E-state index is -0.381. The topological polar surface area (TPSA) is 109 Å². The van der Waals surface area contributed by atoms with Gasteiger partial charge in [-0.05, 0) is 57.0 Å². The van der Waals surface area contributed by atoms with Gasteiger partial charge in [-0.1, -0.05) is 23.7 Å². The fourth-order valence-electron chi connectivity index (χ4n) is 4.51. The molecule has 9 nitrogen and oxygen atoms in total. The number of anilines is 2. The highest BCUT2D eigenvalue weighted by molar-refractivity contribution is 6.33. The first kappa shape index (κ1) is 25.8. The number of nitrogens with zero attached hydrogens (tertiary/aromatic N) is 1. The van der Waals surface area contributed by atoms with Crippen LogP contribution in [0.3, 0.4) is 0 Å². The van der Waals surface area contributed by atoms with Crippen LogP contribution in [0.25, 0.3) is 0 Å². The van der Waals surface area contributed by atoms with Gasteiger partial charge in [0.15, 0.2) is 0 Å². The maximum Gasteiger partial charge on any atom is 0.319 e. The molecular formula is C26H31ClN4O5. The minimum Gasteiger partial charge on any atom is -0.490 e. The van der Waals surface area contributed by atoms with Crippen molar-refractivity contribution in [1.29, 1.82) is 0 Å². The number of halogens is 1. The number of amides is 4. The number of hydrogen-bond donors (Lipinski definition) is 3. The van der Waals surface area contributed by atoms with Gasteiger partial charge in [0.2, 0.25) is 5.91 Å². The van der Waals surface area contributed by atoms with Crippen LogP contribution in [-0.2, 0) is 9.53 Å². The summed E-state index contributed by atoms with van der Waals surface area (Å²) in [6.45, 7) is 3.97. The molecule has 3 atom stereocenters. The maximum absolute atomic E-state index is 13.3. The van der Waals surface area contributed by atoms with Crippen LogP contribution in [0.5, 0.6) is 5.75 Å². The highest BCUT2D eigenvalue weighted by atomic mass is 35.5. The van der Waals surface area contributed by atoms with Crippen LogP contribution in [-0.4, -0.2) is 60.7 Å². The molecule has 2 aromatic rings. The Bertz CT molecular complexity index is 1140. The Labute approximate surface area is 215 Å². The summed E-state index contributed by atoms with van der Waals surface area (Å²) in [5, 5.41) is 8.81. The van der Waals surface area contributed by atoms with Crippen LogP contribution < -0.4 is 20.7 Å². The van der Waals surface area contributed by atoms with Gasteiger partial charge in [-0.2, -0.15) is 0 Å². The Kier molecular flexibility index (Phi) is 8.01. The first-order valence-corrected chi connectivity index (χ1v) is 12.4. The average Bonchev–Trinajstić information content (AvgIpc) is 2.82. The summed E-state index contributed by atoms with van der Waals surface area (Å²) < 4.78 is 12.2. The smallest absolute Gasteiger partial charge is 0.319 e. The molecule has 3 N–H and O–H groups in total. The molecule has 0 spiro atoms. The van der Waals surface area contributed by atoms with Crippen LogP contribution in [0.15, 0.2) is 42.5 Å². The van der Waals surface area contributed by atoms with Crippen LogP contribution in [0, 0.1) is 0 Å². The summed E-state index contributed by atoms with van der Waals surface area (Å²) in [6.07, 6.45) is 0.790. The van der Waals surface area contributed by atoms with Crippen molar-refractivity contribution < 1.29 is 23.9 Å². The molecule has 0 radical (unpaired) electrons. The Morgan fingerprint density at radius 3 is 2.67 bits per heavy atom. The molecule has 2 heterocycles. The maximum atomic E-state index is 13.3. The van der Waals surface area contributed by atoms with Crippen molar-refractivity contribution in [3.8, 4) is 5.75 Å². The number of para-hydroxylation sites is 1. The summed E-state index contributed by atoms with van der Waals surface area (Å²) in [5.41, 5.74) is 1.43.